The summed E-state index contributed by atoms with van der Waals surface area (Å²) in [6, 6.07) is 11.9. The van der Waals surface area contributed by atoms with Crippen LogP contribution < -0.4 is 0 Å². The molecule has 0 atom stereocenters. The minimum atomic E-state index is -0.0262. The maximum Gasteiger partial charge on any atom is 0.274 e. The van der Waals surface area contributed by atoms with Crippen molar-refractivity contribution in [2.75, 3.05) is 27.2 Å². The SMILES string of the molecule is CCc1cc(C(=O)N(CCN(C)C)Cc2ccccc2)n[nH]1. The molecule has 22 heavy (non-hydrogen) atoms. The number of hydrogen-bond donors (Lipinski definition) is 1. The average molecular weight is 300 g/mol. The van der Waals surface area contributed by atoms with Crippen LogP contribution in [0.5, 0.6) is 0 Å². The third kappa shape index (κ3) is 4.43. The molecule has 0 saturated heterocycles. The van der Waals surface area contributed by atoms with Gasteiger partial charge in [0.1, 0.15) is 5.69 Å². The second kappa shape index (κ2) is 7.75. The smallest absolute Gasteiger partial charge is 0.274 e. The summed E-state index contributed by atoms with van der Waals surface area (Å²) in [4.78, 5) is 16.6. The van der Waals surface area contributed by atoms with Crippen molar-refractivity contribution in [1.29, 1.82) is 0 Å². The molecule has 1 N–H and O–H groups in total. The molecule has 0 aliphatic heterocycles. The Kier molecular flexibility index (Phi) is 5.72. The summed E-state index contributed by atoms with van der Waals surface area (Å²) in [6.07, 6.45) is 0.844. The zero-order valence-corrected chi connectivity index (χ0v) is 13.5. The van der Waals surface area contributed by atoms with Crippen molar-refractivity contribution < 1.29 is 4.79 Å². The van der Waals surface area contributed by atoms with Crippen LogP contribution in [0.15, 0.2) is 36.4 Å². The molecule has 5 nitrogen and oxygen atoms in total. The Bertz CT molecular complexity index is 592. The minimum Gasteiger partial charge on any atom is -0.332 e. The Hall–Kier alpha value is -2.14. The van der Waals surface area contributed by atoms with Crippen LogP contribution in [-0.4, -0.2) is 53.1 Å². The van der Waals surface area contributed by atoms with E-state index in [0.29, 0.717) is 18.8 Å². The third-order valence-electron chi connectivity index (χ3n) is 3.55. The molecule has 2 rings (SSSR count). The van der Waals surface area contributed by atoms with E-state index in [4.69, 9.17) is 0 Å². The van der Waals surface area contributed by atoms with Crippen LogP contribution in [0.25, 0.3) is 0 Å². The molecule has 0 aliphatic carbocycles. The van der Waals surface area contributed by atoms with Crippen molar-refractivity contribution in [2.45, 2.75) is 19.9 Å². The minimum absolute atomic E-state index is 0.0262. The number of aromatic amines is 1. The summed E-state index contributed by atoms with van der Waals surface area (Å²) in [6.45, 7) is 4.13. The molecule has 0 aliphatic rings. The lowest BCUT2D eigenvalue weighted by Crippen LogP contribution is -2.36. The Labute approximate surface area is 131 Å². The first-order chi connectivity index (χ1) is 10.6. The maximum absolute atomic E-state index is 12.7. The van der Waals surface area contributed by atoms with Gasteiger partial charge in [-0.25, -0.2) is 0 Å². The number of likely N-dealkylation sites (N-methyl/N-ethyl adjacent to an activating group) is 1. The molecule has 0 radical (unpaired) electrons. The predicted molar refractivity (Wildman–Crippen MR) is 87.7 cm³/mol. The number of nitrogens with zero attached hydrogens (tertiary/aromatic N) is 3. The van der Waals surface area contributed by atoms with Gasteiger partial charge in [-0.05, 0) is 32.1 Å². The van der Waals surface area contributed by atoms with Gasteiger partial charge in [0, 0.05) is 25.3 Å². The second-order valence-corrected chi connectivity index (χ2v) is 5.65. The second-order valence-electron chi connectivity index (χ2n) is 5.65. The molecule has 1 aromatic carbocycles. The Morgan fingerprint density at radius 1 is 1.18 bits per heavy atom. The van der Waals surface area contributed by atoms with E-state index in [1.807, 2.05) is 62.3 Å². The highest BCUT2D eigenvalue weighted by Gasteiger charge is 2.19. The van der Waals surface area contributed by atoms with E-state index in [1.165, 1.54) is 0 Å². The van der Waals surface area contributed by atoms with Gasteiger partial charge in [0.2, 0.25) is 0 Å². The van der Waals surface area contributed by atoms with Crippen molar-refractivity contribution in [3.05, 3.63) is 53.3 Å². The quantitative estimate of drug-likeness (QED) is 0.852. The first-order valence-electron chi connectivity index (χ1n) is 7.62. The first kappa shape index (κ1) is 16.2. The summed E-state index contributed by atoms with van der Waals surface area (Å²) >= 11 is 0. The molecule has 5 heteroatoms. The van der Waals surface area contributed by atoms with Crippen molar-refractivity contribution in [1.82, 2.24) is 20.0 Å². The molecular formula is C17H24N4O. The summed E-state index contributed by atoms with van der Waals surface area (Å²) in [5.41, 5.74) is 2.60. The number of hydrogen-bond acceptors (Lipinski definition) is 3. The number of aromatic nitrogens is 2. The lowest BCUT2D eigenvalue weighted by molar-refractivity contribution is 0.0726. The van der Waals surface area contributed by atoms with Gasteiger partial charge in [0.15, 0.2) is 0 Å². The lowest BCUT2D eigenvalue weighted by atomic mass is 10.2. The molecule has 0 fully saturated rings. The standard InChI is InChI=1S/C17H24N4O/c1-4-15-12-16(19-18-15)17(22)21(11-10-20(2)3)13-14-8-6-5-7-9-14/h5-9,12H,4,10-11,13H2,1-3H3,(H,18,19). The van der Waals surface area contributed by atoms with E-state index >= 15 is 0 Å². The van der Waals surface area contributed by atoms with Gasteiger partial charge in [0.05, 0.1) is 0 Å². The molecule has 0 unspecified atom stereocenters. The van der Waals surface area contributed by atoms with E-state index in [9.17, 15) is 4.79 Å². The monoisotopic (exact) mass is 300 g/mol. The summed E-state index contributed by atoms with van der Waals surface area (Å²) < 4.78 is 0. The van der Waals surface area contributed by atoms with Crippen LogP contribution in [0.4, 0.5) is 0 Å². The number of H-pyrrole nitrogens is 1. The van der Waals surface area contributed by atoms with Gasteiger partial charge < -0.3 is 9.80 Å². The zero-order chi connectivity index (χ0) is 15.9. The molecule has 0 saturated carbocycles. The highest BCUT2D eigenvalue weighted by atomic mass is 16.2. The van der Waals surface area contributed by atoms with E-state index in [1.54, 1.807) is 0 Å². The lowest BCUT2D eigenvalue weighted by Gasteiger charge is -2.23. The maximum atomic E-state index is 12.7. The molecule has 118 valence electrons. The number of carbonyl (C=O) groups is 1. The Balaban J connectivity index is 2.13. The molecule has 0 spiro atoms. The van der Waals surface area contributed by atoms with Crippen LogP contribution >= 0.6 is 0 Å². The topological polar surface area (TPSA) is 52.2 Å². The normalized spacial score (nSPS) is 10.9. The van der Waals surface area contributed by atoms with Gasteiger partial charge in [0.25, 0.3) is 5.91 Å². The molecule has 0 bridgehead atoms. The first-order valence-corrected chi connectivity index (χ1v) is 7.62. The van der Waals surface area contributed by atoms with Crippen LogP contribution in [0.1, 0.15) is 28.7 Å². The number of carbonyl (C=O) groups excluding carboxylic acids is 1. The summed E-state index contributed by atoms with van der Waals surface area (Å²) in [5.74, 6) is -0.0262. The fourth-order valence-corrected chi connectivity index (χ4v) is 2.19. The van der Waals surface area contributed by atoms with Crippen molar-refractivity contribution in [3.63, 3.8) is 0 Å². The average Bonchev–Trinajstić information content (AvgIpc) is 3.00. The Morgan fingerprint density at radius 2 is 1.91 bits per heavy atom. The van der Waals surface area contributed by atoms with Crippen molar-refractivity contribution in [3.8, 4) is 0 Å². The summed E-state index contributed by atoms with van der Waals surface area (Å²) in [5, 5.41) is 7.06. The number of rotatable bonds is 7. The van der Waals surface area contributed by atoms with Crippen LogP contribution in [0, 0.1) is 0 Å². The van der Waals surface area contributed by atoms with E-state index < -0.39 is 0 Å². The number of aryl methyl sites for hydroxylation is 1. The van der Waals surface area contributed by atoms with Gasteiger partial charge in [-0.15, -0.1) is 0 Å². The fraction of sp³-hybridized carbons (Fsp3) is 0.412. The van der Waals surface area contributed by atoms with Crippen molar-refractivity contribution >= 4 is 5.91 Å². The molecule has 2 aromatic rings. The largest absolute Gasteiger partial charge is 0.332 e. The highest BCUT2D eigenvalue weighted by Crippen LogP contribution is 2.10. The Morgan fingerprint density at radius 3 is 2.50 bits per heavy atom. The third-order valence-corrected chi connectivity index (χ3v) is 3.55. The molecule has 1 amide bonds. The molecule has 1 aromatic heterocycles. The van der Waals surface area contributed by atoms with Gasteiger partial charge in [-0.1, -0.05) is 37.3 Å². The highest BCUT2D eigenvalue weighted by molar-refractivity contribution is 5.92. The van der Waals surface area contributed by atoms with E-state index in [0.717, 1.165) is 24.2 Å². The number of nitrogens with one attached hydrogen (secondary N) is 1. The zero-order valence-electron chi connectivity index (χ0n) is 13.5. The van der Waals surface area contributed by atoms with E-state index in [-0.39, 0.29) is 5.91 Å². The van der Waals surface area contributed by atoms with Crippen LogP contribution in [0.2, 0.25) is 0 Å². The predicted octanol–water partition coefficient (Wildman–Crippen LogP) is 2.18. The van der Waals surface area contributed by atoms with Gasteiger partial charge in [-0.2, -0.15) is 5.10 Å². The number of amides is 1. The van der Waals surface area contributed by atoms with Gasteiger partial charge >= 0.3 is 0 Å². The summed E-state index contributed by atoms with van der Waals surface area (Å²) in [7, 11) is 4.02. The number of benzene rings is 1. The van der Waals surface area contributed by atoms with Gasteiger partial charge in [-0.3, -0.25) is 9.89 Å². The van der Waals surface area contributed by atoms with Crippen molar-refractivity contribution in [2.24, 2.45) is 0 Å². The van der Waals surface area contributed by atoms with Crippen LogP contribution in [-0.2, 0) is 13.0 Å². The molecule has 1 heterocycles. The van der Waals surface area contributed by atoms with E-state index in [2.05, 4.69) is 15.1 Å². The van der Waals surface area contributed by atoms with Crippen LogP contribution in [0.3, 0.4) is 0 Å². The molecular weight excluding hydrogens is 276 g/mol. The fourth-order valence-electron chi connectivity index (χ4n) is 2.19.